The van der Waals surface area contributed by atoms with Crippen molar-refractivity contribution in [1.82, 2.24) is 19.1 Å². The number of amides is 1. The summed E-state index contributed by atoms with van der Waals surface area (Å²) in [5, 5.41) is 17.0. The first-order valence-electron chi connectivity index (χ1n) is 12.7. The van der Waals surface area contributed by atoms with Crippen molar-refractivity contribution >= 4 is 33.5 Å². The maximum absolute atomic E-state index is 13.9. The van der Waals surface area contributed by atoms with Crippen LogP contribution in [0.5, 0.6) is 5.75 Å². The highest BCUT2D eigenvalue weighted by atomic mass is 35.5. The predicted molar refractivity (Wildman–Crippen MR) is 157 cm³/mol. The molecule has 0 aliphatic carbocycles. The van der Waals surface area contributed by atoms with Gasteiger partial charge in [0.2, 0.25) is 0 Å². The number of rotatable bonds is 8. The Morgan fingerprint density at radius 3 is 2.33 bits per heavy atom. The fourth-order valence-electron chi connectivity index (χ4n) is 4.27. The SMILES string of the molecule is COc1cc(C(=O)NC(C)(C)C)ccc1S(=O)(=O)n1nc(-c2ccc(Cl)cc2)n(Cc2cccc(C(=O)O)c2C)c1=O. The summed E-state index contributed by atoms with van der Waals surface area (Å²) in [4.78, 5) is 37.7. The first-order chi connectivity index (χ1) is 19.6. The van der Waals surface area contributed by atoms with E-state index < -0.39 is 33.1 Å². The summed E-state index contributed by atoms with van der Waals surface area (Å²) in [6.45, 7) is 6.86. The Kier molecular flexibility index (Phi) is 8.33. The summed E-state index contributed by atoms with van der Waals surface area (Å²) in [6.07, 6.45) is 0. The van der Waals surface area contributed by atoms with Crippen molar-refractivity contribution < 1.29 is 27.9 Å². The van der Waals surface area contributed by atoms with E-state index in [1.165, 1.54) is 31.4 Å². The molecule has 0 saturated carbocycles. The van der Waals surface area contributed by atoms with E-state index in [1.54, 1.807) is 64.1 Å². The molecular weight excluding hydrogens is 584 g/mol. The van der Waals surface area contributed by atoms with E-state index >= 15 is 0 Å². The molecule has 11 nitrogen and oxygen atoms in total. The van der Waals surface area contributed by atoms with Gasteiger partial charge < -0.3 is 15.2 Å². The van der Waals surface area contributed by atoms with Crippen LogP contribution in [0.4, 0.5) is 0 Å². The third-order valence-electron chi connectivity index (χ3n) is 6.36. The number of carboxylic acids is 1. The maximum Gasteiger partial charge on any atom is 0.361 e. The number of nitrogens with one attached hydrogen (secondary N) is 1. The zero-order valence-electron chi connectivity index (χ0n) is 23.5. The lowest BCUT2D eigenvalue weighted by atomic mass is 10.0. The maximum atomic E-state index is 13.9. The number of methoxy groups -OCH3 is 1. The van der Waals surface area contributed by atoms with Gasteiger partial charge in [0.15, 0.2) is 5.82 Å². The smallest absolute Gasteiger partial charge is 0.361 e. The zero-order valence-corrected chi connectivity index (χ0v) is 25.1. The monoisotopic (exact) mass is 612 g/mol. The number of carbonyl (C=O) groups excluding carboxylic acids is 1. The van der Waals surface area contributed by atoms with Crippen LogP contribution in [-0.2, 0) is 16.6 Å². The van der Waals surface area contributed by atoms with Gasteiger partial charge in [0.05, 0.1) is 19.2 Å². The highest BCUT2D eigenvalue weighted by molar-refractivity contribution is 7.90. The molecule has 0 bridgehead atoms. The lowest BCUT2D eigenvalue weighted by Gasteiger charge is -2.21. The van der Waals surface area contributed by atoms with Crippen molar-refractivity contribution in [2.75, 3.05) is 7.11 Å². The second kappa shape index (κ2) is 11.5. The third-order valence-corrected chi connectivity index (χ3v) is 8.20. The topological polar surface area (TPSA) is 150 Å². The quantitative estimate of drug-likeness (QED) is 0.301. The van der Waals surface area contributed by atoms with Crippen molar-refractivity contribution in [3.63, 3.8) is 0 Å². The van der Waals surface area contributed by atoms with Crippen molar-refractivity contribution in [3.05, 3.63) is 98.4 Å². The van der Waals surface area contributed by atoms with Gasteiger partial charge in [0.25, 0.3) is 15.9 Å². The van der Waals surface area contributed by atoms with Crippen LogP contribution < -0.4 is 15.7 Å². The number of ether oxygens (including phenoxy) is 1. The summed E-state index contributed by atoms with van der Waals surface area (Å²) < 4.78 is 34.6. The molecule has 3 aromatic carbocycles. The Balaban J connectivity index is 1.88. The van der Waals surface area contributed by atoms with Crippen LogP contribution in [0.3, 0.4) is 0 Å². The number of halogens is 1. The molecule has 1 amide bonds. The van der Waals surface area contributed by atoms with Crippen LogP contribution in [0.1, 0.15) is 52.6 Å². The lowest BCUT2D eigenvalue weighted by molar-refractivity contribution is 0.0695. The molecule has 0 aliphatic heterocycles. The molecule has 0 saturated heterocycles. The minimum Gasteiger partial charge on any atom is -0.495 e. The highest BCUT2D eigenvalue weighted by Gasteiger charge is 2.30. The van der Waals surface area contributed by atoms with Gasteiger partial charge in [-0.15, -0.1) is 5.10 Å². The van der Waals surface area contributed by atoms with E-state index in [0.717, 1.165) is 4.57 Å². The Bertz CT molecular complexity index is 1850. The van der Waals surface area contributed by atoms with E-state index in [0.29, 0.717) is 25.8 Å². The van der Waals surface area contributed by atoms with Crippen LogP contribution >= 0.6 is 11.6 Å². The van der Waals surface area contributed by atoms with E-state index in [2.05, 4.69) is 10.4 Å². The van der Waals surface area contributed by atoms with Crippen LogP contribution in [0.15, 0.2) is 70.4 Å². The molecule has 42 heavy (non-hydrogen) atoms. The predicted octanol–water partition coefficient (Wildman–Crippen LogP) is 4.19. The van der Waals surface area contributed by atoms with Gasteiger partial charge in [0, 0.05) is 21.7 Å². The summed E-state index contributed by atoms with van der Waals surface area (Å²) >= 11 is 6.04. The number of carbonyl (C=O) groups is 2. The molecule has 0 spiro atoms. The van der Waals surface area contributed by atoms with Gasteiger partial charge in [-0.25, -0.2) is 9.59 Å². The number of nitrogens with zero attached hydrogens (tertiary/aromatic N) is 3. The molecule has 0 fully saturated rings. The molecule has 0 radical (unpaired) electrons. The van der Waals surface area contributed by atoms with Gasteiger partial charge in [-0.3, -0.25) is 9.36 Å². The summed E-state index contributed by atoms with van der Waals surface area (Å²) in [5.74, 6) is -1.71. The molecule has 0 aliphatic rings. The molecule has 4 rings (SSSR count). The Labute approximate surface area is 247 Å². The van der Waals surface area contributed by atoms with Gasteiger partial charge >= 0.3 is 11.7 Å². The van der Waals surface area contributed by atoms with Crippen LogP contribution in [-0.4, -0.2) is 51.8 Å². The van der Waals surface area contributed by atoms with Gasteiger partial charge in [-0.2, -0.15) is 8.42 Å². The Morgan fingerprint density at radius 1 is 1.07 bits per heavy atom. The number of carboxylic acid groups (broad SMARTS) is 1. The highest BCUT2D eigenvalue weighted by Crippen LogP contribution is 2.28. The molecular formula is C29H29ClN4O7S. The Morgan fingerprint density at radius 2 is 1.74 bits per heavy atom. The summed E-state index contributed by atoms with van der Waals surface area (Å²) in [5.41, 5.74) is -0.00915. The average molecular weight is 613 g/mol. The summed E-state index contributed by atoms with van der Waals surface area (Å²) in [7, 11) is -3.39. The fourth-order valence-corrected chi connectivity index (χ4v) is 5.71. The second-order valence-corrected chi connectivity index (χ2v) is 12.7. The van der Waals surface area contributed by atoms with Gasteiger partial charge in [-0.05, 0) is 87.4 Å². The number of benzene rings is 3. The van der Waals surface area contributed by atoms with E-state index in [-0.39, 0.29) is 34.1 Å². The minimum atomic E-state index is -4.64. The van der Waals surface area contributed by atoms with Gasteiger partial charge in [0.1, 0.15) is 10.6 Å². The molecule has 1 aromatic heterocycles. The molecule has 13 heteroatoms. The van der Waals surface area contributed by atoms with Crippen molar-refractivity contribution in [2.45, 2.75) is 44.7 Å². The number of hydrogen-bond donors (Lipinski definition) is 2. The molecule has 2 N–H and O–H groups in total. The largest absolute Gasteiger partial charge is 0.495 e. The Hall–Kier alpha value is -4.42. The molecule has 0 atom stereocenters. The van der Waals surface area contributed by atoms with Crippen LogP contribution in [0, 0.1) is 6.92 Å². The zero-order chi connectivity index (χ0) is 31.0. The van der Waals surface area contributed by atoms with E-state index in [1.807, 2.05) is 0 Å². The first-order valence-corrected chi connectivity index (χ1v) is 14.5. The molecule has 4 aromatic rings. The van der Waals surface area contributed by atoms with Gasteiger partial charge in [-0.1, -0.05) is 27.8 Å². The standard InChI is InChI=1S/C29H29ClN4O7S/c1-17-20(7-6-8-22(17)27(36)37)16-33-25(18-9-12-21(30)13-10-18)32-34(28(33)38)42(39,40)24-14-11-19(15-23(24)41-5)26(35)31-29(2,3)4/h6-15H,16H2,1-5H3,(H,31,35)(H,36,37). The second-order valence-electron chi connectivity index (χ2n) is 10.5. The first kappa shape index (κ1) is 30.5. The molecule has 1 heterocycles. The van der Waals surface area contributed by atoms with E-state index in [4.69, 9.17) is 16.3 Å². The molecule has 0 unspecified atom stereocenters. The van der Waals surface area contributed by atoms with E-state index in [9.17, 15) is 27.9 Å². The average Bonchev–Trinajstić information content (AvgIpc) is 3.25. The number of aromatic carboxylic acids is 1. The van der Waals surface area contributed by atoms with Crippen molar-refractivity contribution in [3.8, 4) is 17.1 Å². The normalized spacial score (nSPS) is 11.8. The lowest BCUT2D eigenvalue weighted by Crippen LogP contribution is -2.40. The van der Waals surface area contributed by atoms with Crippen molar-refractivity contribution in [1.29, 1.82) is 0 Å². The minimum absolute atomic E-state index is 0.0144. The number of hydrogen-bond acceptors (Lipinski definition) is 7. The third kappa shape index (κ3) is 6.09. The fraction of sp³-hybridized carbons (Fsp3) is 0.241. The summed E-state index contributed by atoms with van der Waals surface area (Å²) in [6, 6.07) is 14.7. The van der Waals surface area contributed by atoms with Crippen LogP contribution in [0.25, 0.3) is 11.4 Å². The molecule has 220 valence electrons. The number of aromatic nitrogens is 3. The van der Waals surface area contributed by atoms with Crippen LogP contribution in [0.2, 0.25) is 5.02 Å². The van der Waals surface area contributed by atoms with Crippen molar-refractivity contribution in [2.24, 2.45) is 0 Å².